The Hall–Kier alpha value is -0.230. The molecule has 0 aromatic carbocycles. The molecule has 2 N–H and O–H groups in total. The Bertz CT molecular complexity index is 107. The molecule has 0 saturated carbocycles. The zero-order chi connectivity index (χ0) is 10.5. The van der Waals surface area contributed by atoms with Crippen LogP contribution in [-0.2, 0) is 9.53 Å². The van der Waals surface area contributed by atoms with E-state index in [1.165, 1.54) is 6.08 Å². The molecule has 13 heavy (non-hydrogen) atoms. The molecule has 0 spiro atoms. The van der Waals surface area contributed by atoms with Gasteiger partial charge in [0.1, 0.15) is 6.29 Å². The molecule has 1 atom stereocenters. The molecule has 0 aliphatic carbocycles. The van der Waals surface area contributed by atoms with Gasteiger partial charge in [0.25, 0.3) is 0 Å². The lowest BCUT2D eigenvalue weighted by molar-refractivity contribution is -0.106. The normalized spacial score (nSPS) is 11.0. The number of allylic oxidation sites excluding steroid dienone is 1. The number of halogens is 1. The van der Waals surface area contributed by atoms with Crippen molar-refractivity contribution in [1.29, 1.82) is 0 Å². The van der Waals surface area contributed by atoms with E-state index in [4.69, 9.17) is 10.2 Å². The van der Waals surface area contributed by atoms with E-state index in [1.807, 2.05) is 0 Å². The van der Waals surface area contributed by atoms with Crippen LogP contribution in [0.25, 0.3) is 0 Å². The van der Waals surface area contributed by atoms with Crippen molar-refractivity contribution in [3.8, 4) is 0 Å². The molecule has 5 heteroatoms. The van der Waals surface area contributed by atoms with Gasteiger partial charge in [0.15, 0.2) is 0 Å². The zero-order valence-electron chi connectivity index (χ0n) is 7.36. The summed E-state index contributed by atoms with van der Waals surface area (Å²) in [5.74, 6) is 0. The Morgan fingerprint density at radius 2 is 1.85 bits per heavy atom. The van der Waals surface area contributed by atoms with E-state index in [2.05, 4.69) is 27.2 Å². The first-order chi connectivity index (χ1) is 6.22. The van der Waals surface area contributed by atoms with Gasteiger partial charge in [-0.2, -0.15) is 0 Å². The number of hydrogen-bond acceptors (Lipinski definition) is 4. The molecule has 0 heterocycles. The second-order valence-electron chi connectivity index (χ2n) is 1.88. The van der Waals surface area contributed by atoms with Crippen molar-refractivity contribution < 1.29 is 19.7 Å². The highest BCUT2D eigenvalue weighted by Gasteiger charge is 1.87. The summed E-state index contributed by atoms with van der Waals surface area (Å²) in [5.41, 5.74) is 0. The molecule has 0 radical (unpaired) electrons. The van der Waals surface area contributed by atoms with Gasteiger partial charge < -0.3 is 19.7 Å². The molecule has 0 bridgehead atoms. The highest BCUT2D eigenvalue weighted by atomic mass is 79.9. The first-order valence-electron chi connectivity index (χ1n) is 3.74. The number of carbonyl (C=O) groups is 1. The molecule has 0 rings (SSSR count). The predicted molar refractivity (Wildman–Crippen MR) is 54.0 cm³/mol. The molecule has 0 aromatic rings. The fourth-order valence-electron chi connectivity index (χ4n) is 0.287. The van der Waals surface area contributed by atoms with Gasteiger partial charge in [0.2, 0.25) is 0 Å². The Morgan fingerprint density at radius 3 is 2.00 bits per heavy atom. The number of aldehydes is 1. The van der Waals surface area contributed by atoms with E-state index >= 15 is 0 Å². The minimum absolute atomic E-state index is 0.0278. The number of alkyl halides is 1. The van der Waals surface area contributed by atoms with Crippen LogP contribution < -0.4 is 0 Å². The minimum Gasteiger partial charge on any atom is -0.394 e. The lowest BCUT2D eigenvalue weighted by atomic mass is 10.5. The average Bonchev–Trinajstić information content (AvgIpc) is 2.18. The quantitative estimate of drug-likeness (QED) is 0.306. The summed E-state index contributed by atoms with van der Waals surface area (Å²) in [6, 6.07) is 0. The van der Waals surface area contributed by atoms with Crippen molar-refractivity contribution in [3.63, 3.8) is 0 Å². The molecule has 4 nitrogen and oxygen atoms in total. The third-order valence-electron chi connectivity index (χ3n) is 0.826. The maximum atomic E-state index is 9.62. The highest BCUT2D eigenvalue weighted by molar-refractivity contribution is 9.10. The van der Waals surface area contributed by atoms with E-state index in [0.717, 1.165) is 6.29 Å². The van der Waals surface area contributed by atoms with Gasteiger partial charge >= 0.3 is 0 Å². The number of hydrogen-bond donors (Lipinski definition) is 2. The van der Waals surface area contributed by atoms with Gasteiger partial charge in [-0.3, -0.25) is 0 Å². The van der Waals surface area contributed by atoms with Gasteiger partial charge in [-0.25, -0.2) is 0 Å². The number of aliphatic hydroxyl groups is 2. The van der Waals surface area contributed by atoms with Crippen LogP contribution in [0.1, 0.15) is 0 Å². The molecule has 0 aromatic heterocycles. The van der Waals surface area contributed by atoms with Crippen LogP contribution in [0.5, 0.6) is 0 Å². The van der Waals surface area contributed by atoms with Gasteiger partial charge in [-0.15, -0.1) is 6.58 Å². The van der Waals surface area contributed by atoms with Gasteiger partial charge in [0, 0.05) is 0 Å². The summed E-state index contributed by atoms with van der Waals surface area (Å²) in [4.78, 5) is 9.45. The molecular weight excluding hydrogens is 240 g/mol. The number of carbonyl (C=O) groups excluding carboxylic acids is 1. The Labute approximate surface area is 86.3 Å². The summed E-state index contributed by atoms with van der Waals surface area (Å²) in [6.45, 7) is 4.05. The number of ether oxygens (including phenoxy) is 1. The Kier molecular flexibility index (Phi) is 16.8. The van der Waals surface area contributed by atoms with Crippen molar-refractivity contribution >= 4 is 22.2 Å². The number of aliphatic hydroxyl groups excluding tert-OH is 2. The van der Waals surface area contributed by atoms with Gasteiger partial charge in [0.05, 0.1) is 31.3 Å². The van der Waals surface area contributed by atoms with Crippen LogP contribution in [-0.4, -0.2) is 47.8 Å². The van der Waals surface area contributed by atoms with Crippen molar-refractivity contribution in [3.05, 3.63) is 12.7 Å². The Morgan fingerprint density at radius 1 is 1.38 bits per heavy atom. The summed E-state index contributed by atoms with van der Waals surface area (Å²) >= 11 is 2.99. The van der Waals surface area contributed by atoms with Crippen molar-refractivity contribution in [1.82, 2.24) is 0 Å². The standard InChI is InChI=1S/C4H5BrO.C4H10O3/c1-2-4(5)3-6;5-1-3-7-4-2-6/h2-4H,1H2;5-6H,1-4H2. The lowest BCUT2D eigenvalue weighted by Gasteiger charge is -1.94. The molecule has 78 valence electrons. The maximum Gasteiger partial charge on any atom is 0.137 e. The van der Waals surface area contributed by atoms with Crippen molar-refractivity contribution in [2.45, 2.75) is 4.83 Å². The minimum atomic E-state index is -0.169. The summed E-state index contributed by atoms with van der Waals surface area (Å²) in [6.07, 6.45) is 2.29. The summed E-state index contributed by atoms with van der Waals surface area (Å²) in [7, 11) is 0. The van der Waals surface area contributed by atoms with E-state index in [9.17, 15) is 4.79 Å². The molecule has 0 saturated heterocycles. The predicted octanol–water partition coefficient (Wildman–Crippen LogP) is 0.122. The maximum absolute atomic E-state index is 9.62. The topological polar surface area (TPSA) is 66.8 Å². The third kappa shape index (κ3) is 18.6. The molecule has 0 aliphatic rings. The van der Waals surface area contributed by atoms with Crippen molar-refractivity contribution in [2.75, 3.05) is 26.4 Å². The highest BCUT2D eigenvalue weighted by Crippen LogP contribution is 1.92. The average molecular weight is 255 g/mol. The van der Waals surface area contributed by atoms with Crippen LogP contribution in [0.4, 0.5) is 0 Å². The molecule has 0 amide bonds. The van der Waals surface area contributed by atoms with Crippen molar-refractivity contribution in [2.24, 2.45) is 0 Å². The summed E-state index contributed by atoms with van der Waals surface area (Å²) < 4.78 is 4.63. The molecule has 0 aliphatic heterocycles. The van der Waals surface area contributed by atoms with Crippen LogP contribution in [0.2, 0.25) is 0 Å². The second-order valence-corrected chi connectivity index (χ2v) is 2.93. The number of rotatable bonds is 6. The van der Waals surface area contributed by atoms with Crippen LogP contribution >= 0.6 is 15.9 Å². The smallest absolute Gasteiger partial charge is 0.137 e. The molecule has 0 fully saturated rings. The van der Waals surface area contributed by atoms with Crippen LogP contribution in [0, 0.1) is 0 Å². The zero-order valence-corrected chi connectivity index (χ0v) is 8.94. The fraction of sp³-hybridized carbons (Fsp3) is 0.625. The van der Waals surface area contributed by atoms with E-state index in [0.29, 0.717) is 13.2 Å². The summed E-state index contributed by atoms with van der Waals surface area (Å²) in [5, 5.41) is 16.2. The van der Waals surface area contributed by atoms with E-state index in [1.54, 1.807) is 0 Å². The largest absolute Gasteiger partial charge is 0.394 e. The van der Waals surface area contributed by atoms with E-state index < -0.39 is 0 Å². The van der Waals surface area contributed by atoms with Crippen LogP contribution in [0.15, 0.2) is 12.7 Å². The third-order valence-corrected chi connectivity index (χ3v) is 1.42. The fourth-order valence-corrected chi connectivity index (χ4v) is 0.287. The first-order valence-corrected chi connectivity index (χ1v) is 4.65. The monoisotopic (exact) mass is 254 g/mol. The second kappa shape index (κ2) is 14.3. The molecular formula is C8H15BrO4. The van der Waals surface area contributed by atoms with E-state index in [-0.39, 0.29) is 18.0 Å². The lowest BCUT2D eigenvalue weighted by Crippen LogP contribution is -2.03. The Balaban J connectivity index is 0. The van der Waals surface area contributed by atoms with Crippen LogP contribution in [0.3, 0.4) is 0 Å². The first kappa shape index (κ1) is 15.3. The SMILES string of the molecule is C=CC(Br)C=O.OCCOCCO. The molecule has 1 unspecified atom stereocenters. The van der Waals surface area contributed by atoms with Gasteiger partial charge in [-0.05, 0) is 0 Å². The van der Waals surface area contributed by atoms with Gasteiger partial charge in [-0.1, -0.05) is 22.0 Å².